The van der Waals surface area contributed by atoms with Gasteiger partial charge in [-0.15, -0.1) is 0 Å². The average molecular weight is 604 g/mol. The maximum Gasteiger partial charge on any atom is 0.264 e. The van der Waals surface area contributed by atoms with Crippen LogP contribution in [-0.2, 0) is 26.2 Å². The van der Waals surface area contributed by atoms with Crippen molar-refractivity contribution in [2.24, 2.45) is 0 Å². The average Bonchev–Trinajstić information content (AvgIpc) is 2.98. The number of aryl methyl sites for hydroxylation is 4. The van der Waals surface area contributed by atoms with Crippen molar-refractivity contribution in [1.29, 1.82) is 0 Å². The predicted octanol–water partition coefficient (Wildman–Crippen LogP) is 6.37. The summed E-state index contributed by atoms with van der Waals surface area (Å²) in [6, 6.07) is 19.5. The monoisotopic (exact) mass is 603 g/mol. The zero-order valence-corrected chi connectivity index (χ0v) is 26.9. The summed E-state index contributed by atoms with van der Waals surface area (Å²) in [5.74, 6) is -0.614. The highest BCUT2D eigenvalue weighted by atomic mass is 32.2. The molecule has 0 heterocycles. The third-order valence-corrected chi connectivity index (χ3v) is 10.1. The third-order valence-electron chi connectivity index (χ3n) is 8.33. The lowest BCUT2D eigenvalue weighted by Crippen LogP contribution is -2.54. The quantitative estimate of drug-likeness (QED) is 0.276. The van der Waals surface area contributed by atoms with Crippen LogP contribution < -0.4 is 9.62 Å². The molecule has 1 N–H and O–H groups in total. The second-order valence-electron chi connectivity index (χ2n) is 11.9. The number of hydrogen-bond acceptors (Lipinski definition) is 4. The number of amides is 2. The van der Waals surface area contributed by atoms with Gasteiger partial charge in [-0.2, -0.15) is 0 Å². The van der Waals surface area contributed by atoms with E-state index in [1.165, 1.54) is 10.7 Å². The fourth-order valence-electron chi connectivity index (χ4n) is 5.69. The van der Waals surface area contributed by atoms with E-state index in [1.807, 2.05) is 71.0 Å². The number of benzene rings is 3. The Balaban J connectivity index is 1.73. The number of hydrogen-bond donors (Lipinski definition) is 1. The molecule has 1 aliphatic rings. The molecule has 4 rings (SSSR count). The molecule has 1 saturated carbocycles. The van der Waals surface area contributed by atoms with Crippen LogP contribution in [0.1, 0.15) is 73.3 Å². The van der Waals surface area contributed by atoms with Gasteiger partial charge in [-0.3, -0.25) is 13.9 Å². The topological polar surface area (TPSA) is 86.8 Å². The van der Waals surface area contributed by atoms with Crippen LogP contribution >= 0.6 is 0 Å². The number of nitrogens with one attached hydrogen (secondary N) is 1. The largest absolute Gasteiger partial charge is 0.352 e. The van der Waals surface area contributed by atoms with Crippen LogP contribution in [0.5, 0.6) is 0 Å². The number of nitrogens with zero attached hydrogens (tertiary/aromatic N) is 2. The number of sulfonamides is 1. The molecule has 0 bridgehead atoms. The van der Waals surface area contributed by atoms with Crippen molar-refractivity contribution in [2.75, 3.05) is 10.8 Å². The first-order valence-electron chi connectivity index (χ1n) is 15.3. The van der Waals surface area contributed by atoms with Crippen LogP contribution in [0.25, 0.3) is 0 Å². The Kier molecular flexibility index (Phi) is 10.7. The summed E-state index contributed by atoms with van der Waals surface area (Å²) >= 11 is 0. The Hall–Kier alpha value is -3.65. The molecule has 43 heavy (non-hydrogen) atoms. The van der Waals surface area contributed by atoms with Crippen LogP contribution in [-0.4, -0.2) is 43.8 Å². The van der Waals surface area contributed by atoms with Crippen molar-refractivity contribution in [3.05, 3.63) is 94.5 Å². The van der Waals surface area contributed by atoms with Crippen LogP contribution in [0.3, 0.4) is 0 Å². The van der Waals surface area contributed by atoms with E-state index in [4.69, 9.17) is 0 Å². The van der Waals surface area contributed by atoms with Crippen molar-refractivity contribution in [3.63, 3.8) is 0 Å². The molecule has 1 aliphatic carbocycles. The van der Waals surface area contributed by atoms with Crippen LogP contribution in [0.2, 0.25) is 0 Å². The van der Waals surface area contributed by atoms with E-state index in [0.717, 1.165) is 53.5 Å². The minimum Gasteiger partial charge on any atom is -0.352 e. The summed E-state index contributed by atoms with van der Waals surface area (Å²) in [7, 11) is -4.11. The molecule has 1 unspecified atom stereocenters. The second kappa shape index (κ2) is 14.2. The van der Waals surface area contributed by atoms with Crippen molar-refractivity contribution >= 4 is 27.5 Å². The molecule has 3 aromatic rings. The molecule has 0 radical (unpaired) electrons. The lowest BCUT2D eigenvalue weighted by Gasteiger charge is -2.35. The van der Waals surface area contributed by atoms with Crippen molar-refractivity contribution in [3.8, 4) is 0 Å². The van der Waals surface area contributed by atoms with Crippen LogP contribution in [0, 0.1) is 27.7 Å². The lowest BCUT2D eigenvalue weighted by atomic mass is 9.95. The molecule has 0 aromatic heterocycles. The second-order valence-corrected chi connectivity index (χ2v) is 13.8. The van der Waals surface area contributed by atoms with Crippen molar-refractivity contribution in [1.82, 2.24) is 10.2 Å². The van der Waals surface area contributed by atoms with Gasteiger partial charge in [0.05, 0.1) is 10.6 Å². The Bertz CT molecular complexity index is 1510. The van der Waals surface area contributed by atoms with Gasteiger partial charge in [0.15, 0.2) is 0 Å². The van der Waals surface area contributed by atoms with Gasteiger partial charge in [-0.25, -0.2) is 8.42 Å². The van der Waals surface area contributed by atoms with Gasteiger partial charge in [-0.1, -0.05) is 85.8 Å². The highest BCUT2D eigenvalue weighted by molar-refractivity contribution is 7.92. The minimum absolute atomic E-state index is 0.0972. The molecular weight excluding hydrogens is 558 g/mol. The Morgan fingerprint density at radius 3 is 2.02 bits per heavy atom. The Morgan fingerprint density at radius 1 is 0.837 bits per heavy atom. The van der Waals surface area contributed by atoms with E-state index >= 15 is 0 Å². The van der Waals surface area contributed by atoms with E-state index < -0.39 is 28.5 Å². The van der Waals surface area contributed by atoms with Gasteiger partial charge in [0.1, 0.15) is 12.6 Å². The highest BCUT2D eigenvalue weighted by Crippen LogP contribution is 2.29. The summed E-state index contributed by atoms with van der Waals surface area (Å²) in [5.41, 5.74) is 4.97. The first-order chi connectivity index (χ1) is 20.5. The number of anilines is 1. The number of carbonyl (C=O) groups excluding carboxylic acids is 2. The normalized spacial score (nSPS) is 14.6. The first kappa shape index (κ1) is 32.3. The van der Waals surface area contributed by atoms with Gasteiger partial charge >= 0.3 is 0 Å². The van der Waals surface area contributed by atoms with Crippen LogP contribution in [0.15, 0.2) is 71.6 Å². The first-order valence-corrected chi connectivity index (χ1v) is 16.8. The summed E-state index contributed by atoms with van der Waals surface area (Å²) in [6.45, 7) is 9.29. The summed E-state index contributed by atoms with van der Waals surface area (Å²) in [4.78, 5) is 29.7. The van der Waals surface area contributed by atoms with Crippen molar-refractivity contribution < 1.29 is 18.0 Å². The molecular formula is C35H45N3O4S. The molecule has 0 aliphatic heterocycles. The molecule has 0 saturated heterocycles. The molecule has 8 heteroatoms. The predicted molar refractivity (Wildman–Crippen MR) is 172 cm³/mol. The SMILES string of the molecule is CCC(C(=O)NC1CCCCC1)N(Cc1ccc(C)cc1)C(=O)CN(c1cc(C)ccc1C)S(=O)(=O)c1ccc(C)cc1. The number of carbonyl (C=O) groups is 2. The maximum absolute atomic E-state index is 14.4. The smallest absolute Gasteiger partial charge is 0.264 e. The van der Waals surface area contributed by atoms with E-state index in [9.17, 15) is 18.0 Å². The van der Waals surface area contributed by atoms with Gasteiger partial charge in [0.25, 0.3) is 10.0 Å². The lowest BCUT2D eigenvalue weighted by molar-refractivity contribution is -0.140. The highest BCUT2D eigenvalue weighted by Gasteiger charge is 2.35. The summed E-state index contributed by atoms with van der Waals surface area (Å²) in [5, 5.41) is 3.20. The molecule has 1 atom stereocenters. The van der Waals surface area contributed by atoms with E-state index in [1.54, 1.807) is 35.2 Å². The molecule has 2 amide bonds. The number of rotatable bonds is 11. The summed E-state index contributed by atoms with van der Waals surface area (Å²) in [6.07, 6.45) is 5.60. The zero-order valence-electron chi connectivity index (χ0n) is 26.1. The Morgan fingerprint density at radius 2 is 1.42 bits per heavy atom. The fraction of sp³-hybridized carbons (Fsp3) is 0.429. The van der Waals surface area contributed by atoms with Gasteiger partial charge < -0.3 is 10.2 Å². The van der Waals surface area contributed by atoms with Gasteiger partial charge in [-0.05, 0) is 81.8 Å². The molecule has 7 nitrogen and oxygen atoms in total. The summed E-state index contributed by atoms with van der Waals surface area (Å²) < 4.78 is 29.6. The maximum atomic E-state index is 14.4. The standard InChI is InChI=1S/C35H45N3O4S/c1-6-32(35(40)36-30-10-8-7-9-11-30)37(23-29-18-13-25(2)14-19-29)34(39)24-38(33-22-27(4)12-17-28(33)5)43(41,42)31-20-15-26(3)16-21-31/h12-22,30,32H,6-11,23-24H2,1-5H3,(H,36,40). The molecule has 0 spiro atoms. The van der Waals surface area contributed by atoms with Gasteiger partial charge in [0.2, 0.25) is 11.8 Å². The zero-order chi connectivity index (χ0) is 31.1. The Labute approximate surface area is 257 Å². The van der Waals surface area contributed by atoms with E-state index in [2.05, 4.69) is 5.32 Å². The molecule has 230 valence electrons. The van der Waals surface area contributed by atoms with E-state index in [0.29, 0.717) is 12.1 Å². The molecule has 3 aromatic carbocycles. The fourth-order valence-corrected chi connectivity index (χ4v) is 7.16. The third kappa shape index (κ3) is 8.05. The van der Waals surface area contributed by atoms with E-state index in [-0.39, 0.29) is 23.4 Å². The van der Waals surface area contributed by atoms with Gasteiger partial charge in [0, 0.05) is 12.6 Å². The van der Waals surface area contributed by atoms with Crippen LogP contribution in [0.4, 0.5) is 5.69 Å². The molecule has 1 fully saturated rings. The minimum atomic E-state index is -4.11. The van der Waals surface area contributed by atoms with Crippen molar-refractivity contribution in [2.45, 2.75) is 96.7 Å².